The molecule has 72 valence electrons. The van der Waals surface area contributed by atoms with Crippen molar-refractivity contribution in [2.45, 2.75) is 26.8 Å². The Morgan fingerprint density at radius 3 is 3.08 bits per heavy atom. The summed E-state index contributed by atoms with van der Waals surface area (Å²) < 4.78 is 2.08. The van der Waals surface area contributed by atoms with Crippen LogP contribution < -0.4 is 4.90 Å². The largest absolute Gasteiger partial charge is 0.355 e. The van der Waals surface area contributed by atoms with E-state index in [9.17, 15) is 0 Å². The zero-order chi connectivity index (χ0) is 9.26. The van der Waals surface area contributed by atoms with Crippen molar-refractivity contribution in [2.24, 2.45) is 5.92 Å². The zero-order valence-electron chi connectivity index (χ0n) is 8.40. The minimum Gasteiger partial charge on any atom is -0.355 e. The molecule has 0 fully saturated rings. The van der Waals surface area contributed by atoms with E-state index >= 15 is 0 Å². The lowest BCUT2D eigenvalue weighted by atomic mass is 10.1. The topological polar surface area (TPSA) is 21.1 Å². The van der Waals surface area contributed by atoms with E-state index in [1.165, 1.54) is 18.8 Å². The first-order valence-electron chi connectivity index (χ1n) is 5.04. The van der Waals surface area contributed by atoms with Crippen LogP contribution in [0, 0.1) is 5.92 Å². The molecule has 13 heavy (non-hydrogen) atoms. The predicted molar refractivity (Wildman–Crippen MR) is 53.9 cm³/mol. The van der Waals surface area contributed by atoms with Crippen molar-refractivity contribution in [3.05, 3.63) is 12.3 Å². The van der Waals surface area contributed by atoms with E-state index in [4.69, 9.17) is 0 Å². The van der Waals surface area contributed by atoms with Gasteiger partial charge in [-0.3, -0.25) is 0 Å². The summed E-state index contributed by atoms with van der Waals surface area (Å²) in [5.74, 6) is 2.08. The Morgan fingerprint density at radius 2 is 2.31 bits per heavy atom. The Balaban J connectivity index is 1.96. The molecular weight excluding hydrogens is 162 g/mol. The maximum absolute atomic E-state index is 4.25. The summed E-state index contributed by atoms with van der Waals surface area (Å²) in [5, 5.41) is 4.25. The molecule has 2 heterocycles. The third kappa shape index (κ3) is 1.69. The van der Waals surface area contributed by atoms with Crippen LogP contribution in [0.2, 0.25) is 0 Å². The molecule has 0 saturated carbocycles. The van der Waals surface area contributed by atoms with Crippen molar-refractivity contribution in [1.82, 2.24) is 9.78 Å². The van der Waals surface area contributed by atoms with Crippen LogP contribution in [0.5, 0.6) is 0 Å². The van der Waals surface area contributed by atoms with Gasteiger partial charge >= 0.3 is 0 Å². The summed E-state index contributed by atoms with van der Waals surface area (Å²) in [4.78, 5) is 2.42. The van der Waals surface area contributed by atoms with Gasteiger partial charge in [0.2, 0.25) is 0 Å². The molecule has 0 aliphatic carbocycles. The molecular formula is C10H17N3. The first kappa shape index (κ1) is 8.60. The third-order valence-corrected chi connectivity index (χ3v) is 2.58. The maximum atomic E-state index is 4.25. The number of rotatable bonds is 3. The van der Waals surface area contributed by atoms with Gasteiger partial charge in [-0.15, -0.1) is 0 Å². The number of aromatic nitrogens is 2. The Kier molecular flexibility index (Phi) is 2.25. The summed E-state index contributed by atoms with van der Waals surface area (Å²) in [6.07, 6.45) is 3.15. The number of fused-ring (bicyclic) bond motifs is 1. The number of hydrogen-bond donors (Lipinski definition) is 0. The van der Waals surface area contributed by atoms with Gasteiger partial charge in [-0.1, -0.05) is 13.8 Å². The van der Waals surface area contributed by atoms with E-state index in [0.29, 0.717) is 0 Å². The van der Waals surface area contributed by atoms with Crippen molar-refractivity contribution in [2.75, 3.05) is 18.0 Å². The second-order valence-electron chi connectivity index (χ2n) is 4.08. The standard InChI is InChI=1S/C10H17N3/c1-9(2)4-6-12-7-8-13-10(12)3-5-11-13/h3,5,9H,4,6-8H2,1-2H3. The zero-order valence-corrected chi connectivity index (χ0v) is 8.40. The van der Waals surface area contributed by atoms with Gasteiger partial charge in [0.05, 0.1) is 12.7 Å². The normalized spacial score (nSPS) is 15.5. The minimum atomic E-state index is 0.789. The molecule has 0 amide bonds. The molecule has 0 aromatic carbocycles. The highest BCUT2D eigenvalue weighted by Gasteiger charge is 2.18. The van der Waals surface area contributed by atoms with Crippen LogP contribution in [-0.2, 0) is 6.54 Å². The Bertz CT molecular complexity index is 277. The summed E-state index contributed by atoms with van der Waals surface area (Å²) in [7, 11) is 0. The van der Waals surface area contributed by atoms with Crippen molar-refractivity contribution >= 4 is 5.82 Å². The molecule has 0 N–H and O–H groups in total. The van der Waals surface area contributed by atoms with Crippen LogP contribution in [-0.4, -0.2) is 22.9 Å². The molecule has 2 rings (SSSR count). The fraction of sp³-hybridized carbons (Fsp3) is 0.700. The van der Waals surface area contributed by atoms with Crippen LogP contribution in [0.3, 0.4) is 0 Å². The van der Waals surface area contributed by atoms with Gasteiger partial charge in [-0.25, -0.2) is 4.68 Å². The Morgan fingerprint density at radius 1 is 1.46 bits per heavy atom. The minimum absolute atomic E-state index is 0.789. The van der Waals surface area contributed by atoms with Crippen molar-refractivity contribution in [3.63, 3.8) is 0 Å². The van der Waals surface area contributed by atoms with E-state index in [2.05, 4.69) is 34.6 Å². The third-order valence-electron chi connectivity index (χ3n) is 2.58. The van der Waals surface area contributed by atoms with E-state index < -0.39 is 0 Å². The summed E-state index contributed by atoms with van der Waals surface area (Å²) >= 11 is 0. The van der Waals surface area contributed by atoms with Crippen molar-refractivity contribution < 1.29 is 0 Å². The van der Waals surface area contributed by atoms with Crippen LogP contribution in [0.1, 0.15) is 20.3 Å². The van der Waals surface area contributed by atoms with Crippen molar-refractivity contribution in [3.8, 4) is 0 Å². The van der Waals surface area contributed by atoms with E-state index in [1.54, 1.807) is 0 Å². The highest BCUT2D eigenvalue weighted by Crippen LogP contribution is 2.20. The quantitative estimate of drug-likeness (QED) is 0.705. The fourth-order valence-corrected chi connectivity index (χ4v) is 1.74. The molecule has 0 spiro atoms. The lowest BCUT2D eigenvalue weighted by Gasteiger charge is -2.17. The second-order valence-corrected chi connectivity index (χ2v) is 4.08. The van der Waals surface area contributed by atoms with Crippen molar-refractivity contribution in [1.29, 1.82) is 0 Å². The van der Waals surface area contributed by atoms with Gasteiger partial charge < -0.3 is 4.90 Å². The van der Waals surface area contributed by atoms with Crippen LogP contribution in [0.4, 0.5) is 5.82 Å². The highest BCUT2D eigenvalue weighted by atomic mass is 15.4. The van der Waals surface area contributed by atoms with Gasteiger partial charge in [0.25, 0.3) is 0 Å². The molecule has 0 radical (unpaired) electrons. The molecule has 1 aliphatic heterocycles. The van der Waals surface area contributed by atoms with Gasteiger partial charge in [-0.2, -0.15) is 5.10 Å². The fourth-order valence-electron chi connectivity index (χ4n) is 1.74. The molecule has 0 atom stereocenters. The van der Waals surface area contributed by atoms with E-state index in [0.717, 1.165) is 19.0 Å². The molecule has 1 aromatic rings. The van der Waals surface area contributed by atoms with Gasteiger partial charge in [0.1, 0.15) is 5.82 Å². The maximum Gasteiger partial charge on any atom is 0.126 e. The average Bonchev–Trinajstić information content (AvgIpc) is 2.60. The average molecular weight is 179 g/mol. The highest BCUT2D eigenvalue weighted by molar-refractivity contribution is 5.41. The van der Waals surface area contributed by atoms with Crippen LogP contribution >= 0.6 is 0 Å². The number of hydrogen-bond acceptors (Lipinski definition) is 2. The van der Waals surface area contributed by atoms with Crippen LogP contribution in [0.25, 0.3) is 0 Å². The smallest absolute Gasteiger partial charge is 0.126 e. The molecule has 1 aromatic heterocycles. The number of nitrogens with zero attached hydrogens (tertiary/aromatic N) is 3. The molecule has 1 aliphatic rings. The summed E-state index contributed by atoms with van der Waals surface area (Å²) in [5.41, 5.74) is 0. The summed E-state index contributed by atoms with van der Waals surface area (Å²) in [6.45, 7) is 7.90. The Hall–Kier alpha value is -0.990. The lowest BCUT2D eigenvalue weighted by molar-refractivity contribution is 0.576. The van der Waals surface area contributed by atoms with Gasteiger partial charge in [-0.05, 0) is 12.3 Å². The molecule has 0 bridgehead atoms. The van der Waals surface area contributed by atoms with Crippen LogP contribution in [0.15, 0.2) is 12.3 Å². The van der Waals surface area contributed by atoms with Gasteiger partial charge in [0.15, 0.2) is 0 Å². The number of anilines is 1. The predicted octanol–water partition coefficient (Wildman–Crippen LogP) is 1.75. The molecule has 0 saturated heterocycles. The molecule has 0 unspecified atom stereocenters. The first-order valence-corrected chi connectivity index (χ1v) is 5.04. The Labute approximate surface area is 79.3 Å². The lowest BCUT2D eigenvalue weighted by Crippen LogP contribution is -2.22. The monoisotopic (exact) mass is 179 g/mol. The first-order chi connectivity index (χ1) is 6.27. The van der Waals surface area contributed by atoms with Gasteiger partial charge in [0, 0.05) is 19.2 Å². The van der Waals surface area contributed by atoms with E-state index in [1.807, 2.05) is 6.20 Å². The summed E-state index contributed by atoms with van der Waals surface area (Å²) in [6, 6.07) is 2.10. The molecule has 3 heteroatoms. The SMILES string of the molecule is CC(C)CCN1CCn2nccc21. The van der Waals surface area contributed by atoms with E-state index in [-0.39, 0.29) is 0 Å². The molecule has 3 nitrogen and oxygen atoms in total. The second kappa shape index (κ2) is 3.40.